The first kappa shape index (κ1) is 13.4. The summed E-state index contributed by atoms with van der Waals surface area (Å²) in [5.74, 6) is -0.0771. The van der Waals surface area contributed by atoms with Gasteiger partial charge in [0.15, 0.2) is 0 Å². The Morgan fingerprint density at radius 3 is 2.59 bits per heavy atom. The van der Waals surface area contributed by atoms with Gasteiger partial charge in [0.25, 0.3) is 5.91 Å². The summed E-state index contributed by atoms with van der Waals surface area (Å²) in [5.41, 5.74) is 4.06. The summed E-state index contributed by atoms with van der Waals surface area (Å²) in [7, 11) is 0. The van der Waals surface area contributed by atoms with Crippen LogP contribution in [0.2, 0.25) is 5.02 Å². The number of amides is 1. The number of carbonyl (C=O) groups excluding carboxylic acids is 1. The molecule has 2 nitrogen and oxygen atoms in total. The van der Waals surface area contributed by atoms with Gasteiger partial charge in [0.05, 0.1) is 0 Å². The normalized spacial score (nSPS) is 12.6. The third-order valence-electron chi connectivity index (χ3n) is 4.25. The van der Waals surface area contributed by atoms with Crippen molar-refractivity contribution in [1.82, 2.24) is 0 Å². The molecule has 0 unspecified atom stereocenters. The van der Waals surface area contributed by atoms with Gasteiger partial charge in [-0.2, -0.15) is 0 Å². The zero-order chi connectivity index (χ0) is 15.1. The lowest BCUT2D eigenvalue weighted by Gasteiger charge is -2.11. The van der Waals surface area contributed by atoms with Crippen molar-refractivity contribution in [3.05, 3.63) is 76.3 Å². The van der Waals surface area contributed by atoms with Crippen LogP contribution in [0.3, 0.4) is 0 Å². The molecule has 0 fully saturated rings. The van der Waals surface area contributed by atoms with E-state index in [4.69, 9.17) is 11.6 Å². The molecule has 0 atom stereocenters. The number of rotatable bonds is 2. The van der Waals surface area contributed by atoms with Crippen LogP contribution in [0.5, 0.6) is 0 Å². The maximum absolute atomic E-state index is 12.4. The van der Waals surface area contributed by atoms with Gasteiger partial charge >= 0.3 is 0 Å². The van der Waals surface area contributed by atoms with Crippen LogP contribution in [0, 0.1) is 0 Å². The Morgan fingerprint density at radius 2 is 1.77 bits per heavy atom. The average Bonchev–Trinajstić information content (AvgIpc) is 2.98. The Labute approximate surface area is 133 Å². The van der Waals surface area contributed by atoms with E-state index in [1.54, 1.807) is 0 Å². The minimum Gasteiger partial charge on any atom is -0.322 e. The molecule has 4 rings (SSSR count). The number of halogens is 1. The smallest absolute Gasteiger partial charge is 0.255 e. The monoisotopic (exact) mass is 307 g/mol. The lowest BCUT2D eigenvalue weighted by molar-refractivity contribution is 0.102. The molecule has 0 saturated carbocycles. The van der Waals surface area contributed by atoms with Gasteiger partial charge in [-0.15, -0.1) is 0 Å². The molecule has 3 aromatic rings. The molecule has 0 radical (unpaired) electrons. The fraction of sp³-hybridized carbons (Fsp3) is 0.105. The highest BCUT2D eigenvalue weighted by Gasteiger charge is 2.20. The average molecular weight is 308 g/mol. The van der Waals surface area contributed by atoms with E-state index in [0.29, 0.717) is 5.56 Å². The van der Waals surface area contributed by atoms with E-state index >= 15 is 0 Å². The largest absolute Gasteiger partial charge is 0.322 e. The van der Waals surface area contributed by atoms with Gasteiger partial charge in [-0.3, -0.25) is 4.79 Å². The number of aryl methyl sites for hydroxylation is 2. The van der Waals surface area contributed by atoms with Crippen molar-refractivity contribution in [3.63, 3.8) is 0 Å². The highest BCUT2D eigenvalue weighted by Crippen LogP contribution is 2.38. The first-order chi connectivity index (χ1) is 10.7. The molecule has 0 bridgehead atoms. The van der Waals surface area contributed by atoms with Gasteiger partial charge in [0.1, 0.15) is 0 Å². The maximum atomic E-state index is 12.4. The number of carbonyl (C=O) groups is 1. The first-order valence-corrected chi connectivity index (χ1v) is 7.71. The van der Waals surface area contributed by atoms with Gasteiger partial charge in [-0.1, -0.05) is 41.9 Å². The Kier molecular flexibility index (Phi) is 3.12. The lowest BCUT2D eigenvalue weighted by Crippen LogP contribution is -2.12. The minimum absolute atomic E-state index is 0.0771. The summed E-state index contributed by atoms with van der Waals surface area (Å²) in [4.78, 5) is 12.4. The number of benzene rings is 3. The topological polar surface area (TPSA) is 29.1 Å². The maximum Gasteiger partial charge on any atom is 0.255 e. The van der Waals surface area contributed by atoms with Gasteiger partial charge < -0.3 is 5.32 Å². The quantitative estimate of drug-likeness (QED) is 0.721. The third-order valence-corrected chi connectivity index (χ3v) is 4.58. The van der Waals surface area contributed by atoms with Crippen LogP contribution in [0.4, 0.5) is 5.69 Å². The zero-order valence-electron chi connectivity index (χ0n) is 11.9. The molecule has 1 N–H and O–H groups in total. The van der Waals surface area contributed by atoms with Crippen molar-refractivity contribution in [2.75, 3.05) is 5.32 Å². The van der Waals surface area contributed by atoms with Crippen LogP contribution in [-0.2, 0) is 12.8 Å². The molecule has 0 aliphatic heterocycles. The Hall–Kier alpha value is -2.32. The number of anilines is 1. The number of nitrogens with one attached hydrogen (secondary N) is 1. The standard InChI is InChI=1S/C19H14ClNO/c20-16-10-7-12-6-8-15-17(11-9-14(16)18(12)15)21-19(22)13-4-2-1-3-5-13/h1-5,7,9-11H,6,8H2,(H,21,22). The molecule has 22 heavy (non-hydrogen) atoms. The molecule has 1 amide bonds. The van der Waals surface area contributed by atoms with Crippen molar-refractivity contribution in [2.24, 2.45) is 0 Å². The van der Waals surface area contributed by atoms with E-state index in [0.717, 1.165) is 28.9 Å². The summed E-state index contributed by atoms with van der Waals surface area (Å²) in [6, 6.07) is 17.3. The van der Waals surface area contributed by atoms with E-state index in [1.165, 1.54) is 16.5 Å². The van der Waals surface area contributed by atoms with Crippen molar-refractivity contribution in [2.45, 2.75) is 12.8 Å². The van der Waals surface area contributed by atoms with Crippen LogP contribution in [0.1, 0.15) is 21.5 Å². The van der Waals surface area contributed by atoms with Crippen LogP contribution in [0.15, 0.2) is 54.6 Å². The molecule has 1 aliphatic carbocycles. The fourth-order valence-corrected chi connectivity index (χ4v) is 3.41. The lowest BCUT2D eigenvalue weighted by atomic mass is 10.0. The fourth-order valence-electron chi connectivity index (χ4n) is 3.19. The molecular weight excluding hydrogens is 294 g/mol. The van der Waals surface area contributed by atoms with Crippen molar-refractivity contribution < 1.29 is 4.79 Å². The summed E-state index contributed by atoms with van der Waals surface area (Å²) < 4.78 is 0. The van der Waals surface area contributed by atoms with E-state index in [1.807, 2.05) is 48.5 Å². The Morgan fingerprint density at radius 1 is 0.955 bits per heavy atom. The predicted molar refractivity (Wildman–Crippen MR) is 90.8 cm³/mol. The second kappa shape index (κ2) is 5.15. The van der Waals surface area contributed by atoms with Gasteiger partial charge in [0.2, 0.25) is 0 Å². The van der Waals surface area contributed by atoms with Gasteiger partial charge in [0, 0.05) is 21.7 Å². The number of hydrogen-bond donors (Lipinski definition) is 1. The van der Waals surface area contributed by atoms with Crippen LogP contribution in [0.25, 0.3) is 10.8 Å². The predicted octanol–water partition coefficient (Wildman–Crippen LogP) is 4.84. The van der Waals surface area contributed by atoms with E-state index in [9.17, 15) is 4.79 Å². The van der Waals surface area contributed by atoms with Crippen LogP contribution in [-0.4, -0.2) is 5.91 Å². The van der Waals surface area contributed by atoms with Crippen LogP contribution < -0.4 is 5.32 Å². The molecular formula is C19H14ClNO. The summed E-state index contributed by atoms with van der Waals surface area (Å²) >= 11 is 6.30. The second-order valence-corrected chi connectivity index (χ2v) is 5.95. The Balaban J connectivity index is 1.77. The molecule has 3 heteroatoms. The Bertz CT molecular complexity index is 887. The van der Waals surface area contributed by atoms with Gasteiger partial charge in [-0.05, 0) is 53.6 Å². The number of hydrogen-bond acceptors (Lipinski definition) is 1. The summed E-state index contributed by atoms with van der Waals surface area (Å²) in [6.07, 6.45) is 1.94. The molecule has 3 aromatic carbocycles. The molecule has 1 aliphatic rings. The van der Waals surface area contributed by atoms with Gasteiger partial charge in [-0.25, -0.2) is 0 Å². The second-order valence-electron chi connectivity index (χ2n) is 5.54. The van der Waals surface area contributed by atoms with Crippen LogP contribution >= 0.6 is 11.6 Å². The van der Waals surface area contributed by atoms with Crippen molar-refractivity contribution in [1.29, 1.82) is 0 Å². The highest BCUT2D eigenvalue weighted by atomic mass is 35.5. The van der Waals surface area contributed by atoms with E-state index in [2.05, 4.69) is 11.4 Å². The van der Waals surface area contributed by atoms with E-state index in [-0.39, 0.29) is 5.91 Å². The molecule has 0 heterocycles. The minimum atomic E-state index is -0.0771. The van der Waals surface area contributed by atoms with E-state index < -0.39 is 0 Å². The molecule has 108 valence electrons. The molecule has 0 spiro atoms. The van der Waals surface area contributed by atoms with Crippen molar-refractivity contribution in [3.8, 4) is 0 Å². The zero-order valence-corrected chi connectivity index (χ0v) is 12.7. The highest BCUT2D eigenvalue weighted by molar-refractivity contribution is 6.36. The van der Waals surface area contributed by atoms with Crippen molar-refractivity contribution >= 4 is 34.0 Å². The molecule has 0 saturated heterocycles. The third kappa shape index (κ3) is 2.08. The summed E-state index contributed by atoms with van der Waals surface area (Å²) in [5, 5.41) is 6.09. The molecule has 0 aromatic heterocycles. The first-order valence-electron chi connectivity index (χ1n) is 7.33. The summed E-state index contributed by atoms with van der Waals surface area (Å²) in [6.45, 7) is 0. The SMILES string of the molecule is O=C(Nc1ccc2c(Cl)ccc3c2c1CC3)c1ccccc1.